The molecule has 4 rings (SSSR count). The van der Waals surface area contributed by atoms with Crippen LogP contribution in [0.3, 0.4) is 0 Å². The van der Waals surface area contributed by atoms with Gasteiger partial charge in [-0.25, -0.2) is 4.98 Å². The van der Waals surface area contributed by atoms with Gasteiger partial charge in [0.05, 0.1) is 25.0 Å². The van der Waals surface area contributed by atoms with E-state index < -0.39 is 0 Å². The molecule has 7 heteroatoms. The number of pyridine rings is 1. The summed E-state index contributed by atoms with van der Waals surface area (Å²) in [6.45, 7) is 0.726. The molecule has 1 saturated heterocycles. The third-order valence-electron chi connectivity index (χ3n) is 4.65. The Hall–Kier alpha value is -3.22. The molecule has 1 fully saturated rings. The number of rotatable bonds is 4. The average molecular weight is 349 g/mol. The highest BCUT2D eigenvalue weighted by atomic mass is 16.5. The zero-order valence-electron chi connectivity index (χ0n) is 14.4. The van der Waals surface area contributed by atoms with Crippen LogP contribution in [0, 0.1) is 0 Å². The van der Waals surface area contributed by atoms with E-state index in [0.717, 1.165) is 30.6 Å². The first kappa shape index (κ1) is 16.3. The number of aromatic amines is 1. The van der Waals surface area contributed by atoms with Gasteiger partial charge in [-0.2, -0.15) is 5.10 Å². The lowest BCUT2D eigenvalue weighted by molar-refractivity contribution is 0.0733. The number of nitrogens with zero attached hydrogens (tertiary/aromatic N) is 4. The smallest absolute Gasteiger partial charge is 0.254 e. The summed E-state index contributed by atoms with van der Waals surface area (Å²) in [5.74, 6) is 1.37. The Balaban J connectivity index is 1.59. The first-order valence-corrected chi connectivity index (χ1v) is 8.53. The van der Waals surface area contributed by atoms with Crippen LogP contribution in [0.4, 0.5) is 0 Å². The molecule has 1 N–H and O–H groups in total. The van der Waals surface area contributed by atoms with E-state index in [4.69, 9.17) is 4.74 Å². The zero-order chi connectivity index (χ0) is 17.9. The molecule has 26 heavy (non-hydrogen) atoms. The summed E-state index contributed by atoms with van der Waals surface area (Å²) in [7, 11) is 1.61. The summed E-state index contributed by atoms with van der Waals surface area (Å²) in [4.78, 5) is 23.6. The maximum atomic E-state index is 13.1. The topological polar surface area (TPSA) is 84.0 Å². The molecule has 0 radical (unpaired) electrons. The van der Waals surface area contributed by atoms with Crippen molar-refractivity contribution in [2.45, 2.75) is 18.9 Å². The van der Waals surface area contributed by atoms with E-state index in [2.05, 4.69) is 20.2 Å². The fourth-order valence-corrected chi connectivity index (χ4v) is 3.34. The second-order valence-electron chi connectivity index (χ2n) is 6.19. The molecule has 2 aromatic heterocycles. The first-order chi connectivity index (χ1) is 12.8. The maximum Gasteiger partial charge on any atom is 0.254 e. The zero-order valence-corrected chi connectivity index (χ0v) is 14.4. The molecule has 132 valence electrons. The van der Waals surface area contributed by atoms with Gasteiger partial charge in [-0.15, -0.1) is 0 Å². The predicted molar refractivity (Wildman–Crippen MR) is 95.6 cm³/mol. The van der Waals surface area contributed by atoms with Gasteiger partial charge in [0.2, 0.25) is 0 Å². The summed E-state index contributed by atoms with van der Waals surface area (Å²) in [5, 5.41) is 6.69. The van der Waals surface area contributed by atoms with Crippen LogP contribution in [0.15, 0.2) is 48.9 Å². The van der Waals surface area contributed by atoms with E-state index in [9.17, 15) is 4.79 Å². The summed E-state index contributed by atoms with van der Waals surface area (Å²) < 4.78 is 5.17. The lowest BCUT2D eigenvalue weighted by atomic mass is 10.1. The van der Waals surface area contributed by atoms with Crippen molar-refractivity contribution >= 4 is 5.91 Å². The Labute approximate surface area is 151 Å². The Morgan fingerprint density at radius 2 is 2.19 bits per heavy atom. The third kappa shape index (κ3) is 3.03. The molecule has 1 amide bonds. The SMILES string of the molecule is COc1ccc(C2CCCN2C(=O)c2cccc(-c3ncn[nH]3)c2)nc1. The molecule has 0 bridgehead atoms. The molecule has 0 spiro atoms. The number of amides is 1. The van der Waals surface area contributed by atoms with Crippen LogP contribution in [0.1, 0.15) is 34.9 Å². The number of hydrogen-bond donors (Lipinski definition) is 1. The number of carbonyl (C=O) groups is 1. The molecule has 3 heterocycles. The van der Waals surface area contributed by atoms with Crippen LogP contribution >= 0.6 is 0 Å². The van der Waals surface area contributed by atoms with Crippen molar-refractivity contribution in [1.82, 2.24) is 25.1 Å². The number of ether oxygens (including phenoxy) is 1. The van der Waals surface area contributed by atoms with E-state index in [1.54, 1.807) is 13.3 Å². The monoisotopic (exact) mass is 349 g/mol. The highest BCUT2D eigenvalue weighted by molar-refractivity contribution is 5.95. The van der Waals surface area contributed by atoms with Crippen LogP contribution < -0.4 is 4.74 Å². The second kappa shape index (κ2) is 6.95. The number of nitrogens with one attached hydrogen (secondary N) is 1. The highest BCUT2D eigenvalue weighted by Crippen LogP contribution is 2.33. The van der Waals surface area contributed by atoms with Gasteiger partial charge in [0, 0.05) is 17.7 Å². The molecular formula is C19H19N5O2. The molecule has 1 aliphatic rings. The van der Waals surface area contributed by atoms with E-state index in [0.29, 0.717) is 17.1 Å². The van der Waals surface area contributed by atoms with Gasteiger partial charge in [0.1, 0.15) is 12.1 Å². The number of carbonyl (C=O) groups excluding carboxylic acids is 1. The van der Waals surface area contributed by atoms with Crippen LogP contribution in [0.5, 0.6) is 5.75 Å². The normalized spacial score (nSPS) is 16.7. The molecule has 1 unspecified atom stereocenters. The molecule has 0 aliphatic carbocycles. The number of H-pyrrole nitrogens is 1. The third-order valence-corrected chi connectivity index (χ3v) is 4.65. The van der Waals surface area contributed by atoms with Crippen molar-refractivity contribution in [2.24, 2.45) is 0 Å². The lowest BCUT2D eigenvalue weighted by Crippen LogP contribution is -2.31. The molecule has 1 aromatic carbocycles. The van der Waals surface area contributed by atoms with E-state index >= 15 is 0 Å². The van der Waals surface area contributed by atoms with Crippen LogP contribution in [-0.2, 0) is 0 Å². The van der Waals surface area contributed by atoms with Gasteiger partial charge < -0.3 is 9.64 Å². The van der Waals surface area contributed by atoms with Gasteiger partial charge >= 0.3 is 0 Å². The van der Waals surface area contributed by atoms with E-state index in [1.165, 1.54) is 6.33 Å². The van der Waals surface area contributed by atoms with Crippen molar-refractivity contribution in [3.8, 4) is 17.1 Å². The van der Waals surface area contributed by atoms with Crippen molar-refractivity contribution in [1.29, 1.82) is 0 Å². The van der Waals surface area contributed by atoms with E-state index in [1.807, 2.05) is 41.3 Å². The van der Waals surface area contributed by atoms with Crippen molar-refractivity contribution in [3.63, 3.8) is 0 Å². The number of likely N-dealkylation sites (tertiary alicyclic amines) is 1. The Kier molecular flexibility index (Phi) is 4.35. The average Bonchev–Trinajstić information content (AvgIpc) is 3.39. The van der Waals surface area contributed by atoms with Gasteiger partial charge in [0.25, 0.3) is 5.91 Å². The largest absolute Gasteiger partial charge is 0.495 e. The highest BCUT2D eigenvalue weighted by Gasteiger charge is 2.31. The van der Waals surface area contributed by atoms with Gasteiger partial charge in [-0.3, -0.25) is 14.9 Å². The fraction of sp³-hybridized carbons (Fsp3) is 0.263. The minimum Gasteiger partial charge on any atom is -0.495 e. The Morgan fingerprint density at radius 3 is 2.92 bits per heavy atom. The second-order valence-corrected chi connectivity index (χ2v) is 6.19. The van der Waals surface area contributed by atoms with Crippen molar-refractivity contribution in [2.75, 3.05) is 13.7 Å². The fourth-order valence-electron chi connectivity index (χ4n) is 3.34. The van der Waals surface area contributed by atoms with Crippen LogP contribution in [-0.4, -0.2) is 44.6 Å². The molecule has 0 saturated carbocycles. The standard InChI is InChI=1S/C19H19N5O2/c1-26-15-7-8-16(20-11-15)17-6-3-9-24(17)19(25)14-5-2-4-13(10-14)18-21-12-22-23-18/h2,4-5,7-8,10-12,17H,3,6,9H2,1H3,(H,21,22,23). The molecule has 7 nitrogen and oxygen atoms in total. The number of aromatic nitrogens is 4. The molecule has 3 aromatic rings. The summed E-state index contributed by atoms with van der Waals surface area (Å²) in [6.07, 6.45) is 5.02. The predicted octanol–water partition coefficient (Wildman–Crippen LogP) is 2.85. The summed E-state index contributed by atoms with van der Waals surface area (Å²) in [5.41, 5.74) is 2.37. The number of hydrogen-bond acceptors (Lipinski definition) is 5. The maximum absolute atomic E-state index is 13.1. The summed E-state index contributed by atoms with van der Waals surface area (Å²) >= 11 is 0. The minimum atomic E-state index is -0.0117. The van der Waals surface area contributed by atoms with Gasteiger partial charge in [-0.05, 0) is 37.1 Å². The molecule has 1 aliphatic heterocycles. The van der Waals surface area contributed by atoms with Gasteiger partial charge in [0.15, 0.2) is 5.82 Å². The van der Waals surface area contributed by atoms with Crippen molar-refractivity contribution in [3.05, 3.63) is 60.2 Å². The first-order valence-electron chi connectivity index (χ1n) is 8.53. The van der Waals surface area contributed by atoms with Crippen molar-refractivity contribution < 1.29 is 9.53 Å². The van der Waals surface area contributed by atoms with Crippen LogP contribution in [0.25, 0.3) is 11.4 Å². The minimum absolute atomic E-state index is 0.00600. The Bertz CT molecular complexity index is 893. The quantitative estimate of drug-likeness (QED) is 0.783. The number of benzene rings is 1. The van der Waals surface area contributed by atoms with E-state index in [-0.39, 0.29) is 11.9 Å². The molecular weight excluding hydrogens is 330 g/mol. The van der Waals surface area contributed by atoms with Gasteiger partial charge in [-0.1, -0.05) is 12.1 Å². The van der Waals surface area contributed by atoms with Crippen LogP contribution in [0.2, 0.25) is 0 Å². The molecule has 1 atom stereocenters. The lowest BCUT2D eigenvalue weighted by Gasteiger charge is -2.24. The Morgan fingerprint density at radius 1 is 1.27 bits per heavy atom. The number of methoxy groups -OCH3 is 1. The summed E-state index contributed by atoms with van der Waals surface area (Å²) in [6, 6.07) is 11.3.